The first-order chi connectivity index (χ1) is 10.1. The van der Waals surface area contributed by atoms with E-state index in [2.05, 4.69) is 17.2 Å². The number of nitrogens with zero attached hydrogens (tertiary/aromatic N) is 1. The fourth-order valence-electron chi connectivity index (χ4n) is 1.69. The van der Waals surface area contributed by atoms with Gasteiger partial charge in [0.25, 0.3) is 5.91 Å². The number of hydrogen-bond donors (Lipinski definition) is 1. The van der Waals surface area contributed by atoms with Crippen molar-refractivity contribution in [2.24, 2.45) is 0 Å². The van der Waals surface area contributed by atoms with E-state index >= 15 is 0 Å². The fourth-order valence-corrected chi connectivity index (χ4v) is 1.85. The van der Waals surface area contributed by atoms with Crippen molar-refractivity contribution in [2.75, 3.05) is 5.32 Å². The van der Waals surface area contributed by atoms with Crippen LogP contribution in [0.15, 0.2) is 42.6 Å². The van der Waals surface area contributed by atoms with Crippen molar-refractivity contribution >= 4 is 23.2 Å². The van der Waals surface area contributed by atoms with E-state index in [0.717, 1.165) is 12.2 Å². The third-order valence-electron chi connectivity index (χ3n) is 2.96. The van der Waals surface area contributed by atoms with Crippen LogP contribution in [-0.4, -0.2) is 17.0 Å². The van der Waals surface area contributed by atoms with E-state index in [4.69, 9.17) is 16.3 Å². The van der Waals surface area contributed by atoms with Crippen LogP contribution >= 0.6 is 11.6 Å². The molecule has 0 aliphatic heterocycles. The van der Waals surface area contributed by atoms with Gasteiger partial charge in [0.2, 0.25) is 0 Å². The number of carbonyl (C=O) groups is 1. The van der Waals surface area contributed by atoms with Crippen LogP contribution in [-0.2, 0) is 0 Å². The Morgan fingerprint density at radius 1 is 1.38 bits per heavy atom. The molecule has 0 fully saturated rings. The first-order valence-corrected chi connectivity index (χ1v) is 7.16. The Morgan fingerprint density at radius 2 is 2.19 bits per heavy atom. The Morgan fingerprint density at radius 3 is 2.90 bits per heavy atom. The third kappa shape index (κ3) is 4.46. The number of hydrogen-bond acceptors (Lipinski definition) is 3. The maximum Gasteiger partial charge on any atom is 0.274 e. The quantitative estimate of drug-likeness (QED) is 0.902. The van der Waals surface area contributed by atoms with Crippen molar-refractivity contribution in [3.63, 3.8) is 0 Å². The third-order valence-corrected chi connectivity index (χ3v) is 3.19. The van der Waals surface area contributed by atoms with Gasteiger partial charge in [-0.2, -0.15) is 0 Å². The van der Waals surface area contributed by atoms with Crippen LogP contribution in [0, 0.1) is 0 Å². The highest BCUT2D eigenvalue weighted by Gasteiger charge is 2.09. The molecule has 0 saturated carbocycles. The molecule has 1 heterocycles. The second-order valence-corrected chi connectivity index (χ2v) is 5.11. The molecule has 0 saturated heterocycles. The van der Waals surface area contributed by atoms with E-state index in [9.17, 15) is 4.79 Å². The summed E-state index contributed by atoms with van der Waals surface area (Å²) in [6.07, 6.45) is 2.55. The highest BCUT2D eigenvalue weighted by Crippen LogP contribution is 2.20. The molecule has 1 N–H and O–H groups in total. The molecule has 2 aromatic rings. The minimum atomic E-state index is -0.307. The second-order valence-electron chi connectivity index (χ2n) is 4.68. The largest absolute Gasteiger partial charge is 0.491 e. The zero-order valence-electron chi connectivity index (χ0n) is 12.0. The van der Waals surface area contributed by atoms with Crippen LogP contribution in [0.2, 0.25) is 5.02 Å². The first kappa shape index (κ1) is 15.3. The second kappa shape index (κ2) is 7.09. The molecule has 0 aliphatic carbocycles. The maximum atomic E-state index is 12.1. The number of ether oxygens (including phenoxy) is 1. The Bertz CT molecular complexity index is 631. The van der Waals surface area contributed by atoms with Crippen LogP contribution in [0.5, 0.6) is 5.75 Å². The molecule has 1 unspecified atom stereocenters. The smallest absolute Gasteiger partial charge is 0.274 e. The van der Waals surface area contributed by atoms with E-state index in [1.54, 1.807) is 18.2 Å². The molecular formula is C16H17ClN2O2. The summed E-state index contributed by atoms with van der Waals surface area (Å²) < 4.78 is 5.72. The summed E-state index contributed by atoms with van der Waals surface area (Å²) in [5.74, 6) is 0.416. The number of amides is 1. The molecule has 2 rings (SSSR count). The number of aromatic nitrogens is 1. The van der Waals surface area contributed by atoms with Gasteiger partial charge in [0.1, 0.15) is 11.4 Å². The van der Waals surface area contributed by atoms with E-state index in [0.29, 0.717) is 10.7 Å². The highest BCUT2D eigenvalue weighted by atomic mass is 35.5. The van der Waals surface area contributed by atoms with E-state index < -0.39 is 0 Å². The van der Waals surface area contributed by atoms with Gasteiger partial charge in [-0.1, -0.05) is 24.6 Å². The molecule has 0 spiro atoms. The lowest BCUT2D eigenvalue weighted by molar-refractivity contribution is 0.102. The normalized spacial score (nSPS) is 11.8. The van der Waals surface area contributed by atoms with Gasteiger partial charge in [0, 0.05) is 23.0 Å². The van der Waals surface area contributed by atoms with Crippen LogP contribution in [0.1, 0.15) is 30.8 Å². The Labute approximate surface area is 129 Å². The zero-order valence-corrected chi connectivity index (χ0v) is 12.7. The molecule has 1 aromatic carbocycles. The molecular weight excluding hydrogens is 288 g/mol. The number of carbonyl (C=O) groups excluding carboxylic acids is 1. The van der Waals surface area contributed by atoms with Crippen LogP contribution < -0.4 is 10.1 Å². The lowest BCUT2D eigenvalue weighted by Crippen LogP contribution is -2.14. The van der Waals surface area contributed by atoms with Crippen molar-refractivity contribution in [1.29, 1.82) is 0 Å². The summed E-state index contributed by atoms with van der Waals surface area (Å²) in [5.41, 5.74) is 0.929. The zero-order chi connectivity index (χ0) is 15.2. The van der Waals surface area contributed by atoms with Crippen LogP contribution in [0.25, 0.3) is 0 Å². The van der Waals surface area contributed by atoms with Crippen molar-refractivity contribution in [1.82, 2.24) is 4.98 Å². The standard InChI is InChI=1S/C16H17ClN2O2/c1-3-11(2)21-14-6-4-5-13(10-14)19-16(20)15-9-12(17)7-8-18-15/h4-11H,3H2,1-2H3,(H,19,20). The summed E-state index contributed by atoms with van der Waals surface area (Å²) in [4.78, 5) is 16.1. The Hall–Kier alpha value is -2.07. The summed E-state index contributed by atoms with van der Waals surface area (Å²) >= 11 is 5.85. The van der Waals surface area contributed by atoms with Crippen LogP contribution in [0.3, 0.4) is 0 Å². The Kier molecular flexibility index (Phi) is 5.17. The van der Waals surface area contributed by atoms with Gasteiger partial charge in [-0.25, -0.2) is 0 Å². The summed E-state index contributed by atoms with van der Waals surface area (Å²) in [7, 11) is 0. The van der Waals surface area contributed by atoms with Crippen molar-refractivity contribution in [3.8, 4) is 5.75 Å². The Balaban J connectivity index is 2.09. The SMILES string of the molecule is CCC(C)Oc1cccc(NC(=O)c2cc(Cl)ccn2)c1. The highest BCUT2D eigenvalue weighted by molar-refractivity contribution is 6.30. The minimum Gasteiger partial charge on any atom is -0.491 e. The van der Waals surface area contributed by atoms with E-state index in [1.165, 1.54) is 12.3 Å². The molecule has 0 radical (unpaired) electrons. The van der Waals surface area contributed by atoms with Gasteiger partial charge < -0.3 is 10.1 Å². The predicted octanol–water partition coefficient (Wildman–Crippen LogP) is 4.16. The van der Waals surface area contributed by atoms with Gasteiger partial charge in [-0.15, -0.1) is 0 Å². The lowest BCUT2D eigenvalue weighted by atomic mass is 10.2. The molecule has 1 amide bonds. The number of benzene rings is 1. The van der Waals surface area contributed by atoms with Gasteiger partial charge >= 0.3 is 0 Å². The number of halogens is 1. The summed E-state index contributed by atoms with van der Waals surface area (Å²) in [5, 5.41) is 3.25. The number of pyridine rings is 1. The molecule has 21 heavy (non-hydrogen) atoms. The summed E-state index contributed by atoms with van der Waals surface area (Å²) in [6.45, 7) is 4.06. The minimum absolute atomic E-state index is 0.130. The van der Waals surface area contributed by atoms with E-state index in [1.807, 2.05) is 19.1 Å². The number of rotatable bonds is 5. The van der Waals surface area contributed by atoms with Gasteiger partial charge in [-0.3, -0.25) is 9.78 Å². The molecule has 110 valence electrons. The average molecular weight is 305 g/mol. The topological polar surface area (TPSA) is 51.2 Å². The molecule has 0 bridgehead atoms. The molecule has 0 aliphatic rings. The van der Waals surface area contributed by atoms with Crippen LogP contribution in [0.4, 0.5) is 5.69 Å². The lowest BCUT2D eigenvalue weighted by Gasteiger charge is -2.13. The van der Waals surface area contributed by atoms with Crippen molar-refractivity contribution in [3.05, 3.63) is 53.3 Å². The van der Waals surface area contributed by atoms with Gasteiger partial charge in [0.15, 0.2) is 0 Å². The van der Waals surface area contributed by atoms with E-state index in [-0.39, 0.29) is 17.7 Å². The predicted molar refractivity (Wildman–Crippen MR) is 84.0 cm³/mol. The maximum absolute atomic E-state index is 12.1. The monoisotopic (exact) mass is 304 g/mol. The molecule has 4 nitrogen and oxygen atoms in total. The molecule has 1 aromatic heterocycles. The first-order valence-electron chi connectivity index (χ1n) is 6.78. The number of nitrogens with one attached hydrogen (secondary N) is 1. The molecule has 5 heteroatoms. The van der Waals surface area contributed by atoms with Crippen molar-refractivity contribution in [2.45, 2.75) is 26.4 Å². The average Bonchev–Trinajstić information content (AvgIpc) is 2.47. The van der Waals surface area contributed by atoms with Gasteiger partial charge in [0.05, 0.1) is 6.10 Å². The van der Waals surface area contributed by atoms with Crippen molar-refractivity contribution < 1.29 is 9.53 Å². The molecule has 1 atom stereocenters. The summed E-state index contributed by atoms with van der Waals surface area (Å²) in [6, 6.07) is 10.4. The fraction of sp³-hybridized carbons (Fsp3) is 0.250. The van der Waals surface area contributed by atoms with Gasteiger partial charge in [-0.05, 0) is 37.6 Å². The number of anilines is 1.